The summed E-state index contributed by atoms with van der Waals surface area (Å²) in [5.74, 6) is -0.757. The van der Waals surface area contributed by atoms with E-state index in [1.54, 1.807) is 4.90 Å². The molecule has 2 rings (SSSR count). The second-order valence-corrected chi connectivity index (χ2v) is 7.29. The number of rotatable bonds is 6. The molecule has 0 bridgehead atoms. The van der Waals surface area contributed by atoms with E-state index in [1.165, 1.54) is 30.3 Å². The van der Waals surface area contributed by atoms with Crippen LogP contribution < -0.4 is 4.72 Å². The van der Waals surface area contributed by atoms with E-state index in [0.717, 1.165) is 12.1 Å². The van der Waals surface area contributed by atoms with Gasteiger partial charge in [0.1, 0.15) is 10.7 Å². The van der Waals surface area contributed by atoms with Crippen molar-refractivity contribution in [3.63, 3.8) is 0 Å². The summed E-state index contributed by atoms with van der Waals surface area (Å²) < 4.78 is 40.4. The second-order valence-electron chi connectivity index (χ2n) is 5.24. The van der Waals surface area contributed by atoms with Crippen LogP contribution in [0, 0.1) is 5.82 Å². The van der Waals surface area contributed by atoms with Crippen molar-refractivity contribution in [1.29, 1.82) is 0 Å². The molecular formula is C17H18ClFN2O3S. The number of carbonyl (C=O) groups excluding carboxylic acids is 1. The lowest BCUT2D eigenvalue weighted by Crippen LogP contribution is -2.30. The lowest BCUT2D eigenvalue weighted by atomic mass is 10.2. The maximum atomic E-state index is 13.0. The Hall–Kier alpha value is -2.12. The zero-order valence-electron chi connectivity index (χ0n) is 13.8. The van der Waals surface area contributed by atoms with E-state index >= 15 is 0 Å². The van der Waals surface area contributed by atoms with Gasteiger partial charge >= 0.3 is 0 Å². The Balaban J connectivity index is 2.38. The van der Waals surface area contributed by atoms with Gasteiger partial charge in [-0.1, -0.05) is 11.6 Å². The number of nitrogens with zero attached hydrogens (tertiary/aromatic N) is 1. The zero-order chi connectivity index (χ0) is 18.6. The third-order valence-electron chi connectivity index (χ3n) is 3.61. The molecule has 5 nitrogen and oxygen atoms in total. The average Bonchev–Trinajstić information content (AvgIpc) is 2.58. The molecule has 8 heteroatoms. The largest absolute Gasteiger partial charge is 0.339 e. The predicted octanol–water partition coefficient (Wildman–Crippen LogP) is 3.76. The third-order valence-corrected chi connectivity index (χ3v) is 5.48. The highest BCUT2D eigenvalue weighted by Crippen LogP contribution is 2.25. The quantitative estimate of drug-likeness (QED) is 0.824. The van der Waals surface area contributed by atoms with E-state index in [4.69, 9.17) is 11.6 Å². The highest BCUT2D eigenvalue weighted by Gasteiger charge is 2.22. The van der Waals surface area contributed by atoms with Crippen LogP contribution >= 0.6 is 11.6 Å². The van der Waals surface area contributed by atoms with Crippen LogP contribution in [0.3, 0.4) is 0 Å². The van der Waals surface area contributed by atoms with Gasteiger partial charge < -0.3 is 4.90 Å². The molecule has 25 heavy (non-hydrogen) atoms. The second kappa shape index (κ2) is 7.84. The highest BCUT2D eigenvalue weighted by atomic mass is 35.5. The number of sulfonamides is 1. The standard InChI is InChI=1S/C17H18ClFN2O3S/c1-3-21(4-2)17(22)12-5-10-15(18)16(11-12)25(23,24)20-14-8-6-13(19)7-9-14/h5-11,20H,3-4H2,1-2H3. The molecule has 0 aliphatic carbocycles. The fourth-order valence-corrected chi connectivity index (χ4v) is 3.85. The molecule has 2 aromatic rings. The molecule has 0 heterocycles. The molecule has 134 valence electrons. The summed E-state index contributed by atoms with van der Waals surface area (Å²) in [5, 5.41) is -0.00860. The molecule has 0 saturated heterocycles. The molecule has 0 spiro atoms. The molecule has 0 atom stereocenters. The van der Waals surface area contributed by atoms with E-state index in [1.807, 2.05) is 13.8 Å². The number of anilines is 1. The summed E-state index contributed by atoms with van der Waals surface area (Å²) in [4.78, 5) is 13.8. The van der Waals surface area contributed by atoms with E-state index in [-0.39, 0.29) is 27.1 Å². The molecule has 0 radical (unpaired) electrons. The first-order valence-electron chi connectivity index (χ1n) is 7.65. The maximum Gasteiger partial charge on any atom is 0.263 e. The van der Waals surface area contributed by atoms with Gasteiger partial charge in [0.15, 0.2) is 0 Å². The summed E-state index contributed by atoms with van der Waals surface area (Å²) in [7, 11) is -4.03. The van der Waals surface area contributed by atoms with Crippen LogP contribution in [-0.4, -0.2) is 32.3 Å². The Bertz CT molecular complexity index is 866. The molecule has 0 unspecified atom stereocenters. The minimum absolute atomic E-state index is 0.00860. The van der Waals surface area contributed by atoms with Gasteiger partial charge in [0.05, 0.1) is 5.02 Å². The number of carbonyl (C=O) groups is 1. The molecule has 1 N–H and O–H groups in total. The molecule has 0 aromatic heterocycles. The summed E-state index contributed by atoms with van der Waals surface area (Å²) in [6.45, 7) is 4.69. The van der Waals surface area contributed by atoms with Crippen molar-refractivity contribution in [3.8, 4) is 0 Å². The van der Waals surface area contributed by atoms with Crippen molar-refractivity contribution in [3.05, 3.63) is 58.9 Å². The minimum Gasteiger partial charge on any atom is -0.339 e. The van der Waals surface area contributed by atoms with Crippen LogP contribution in [0.1, 0.15) is 24.2 Å². The van der Waals surface area contributed by atoms with Gasteiger partial charge in [-0.3, -0.25) is 9.52 Å². The summed E-state index contributed by atoms with van der Waals surface area (Å²) in [6, 6.07) is 8.98. The van der Waals surface area contributed by atoms with Gasteiger partial charge in [0.2, 0.25) is 0 Å². The molecule has 1 amide bonds. The molecular weight excluding hydrogens is 367 g/mol. The average molecular weight is 385 g/mol. The van der Waals surface area contributed by atoms with E-state index in [9.17, 15) is 17.6 Å². The lowest BCUT2D eigenvalue weighted by Gasteiger charge is -2.19. The highest BCUT2D eigenvalue weighted by molar-refractivity contribution is 7.92. The van der Waals surface area contributed by atoms with Crippen LogP contribution in [0.25, 0.3) is 0 Å². The van der Waals surface area contributed by atoms with Crippen LogP contribution in [-0.2, 0) is 10.0 Å². The zero-order valence-corrected chi connectivity index (χ0v) is 15.4. The number of nitrogens with one attached hydrogen (secondary N) is 1. The summed E-state index contributed by atoms with van der Waals surface area (Å²) >= 11 is 6.02. The Morgan fingerprint density at radius 2 is 1.72 bits per heavy atom. The topological polar surface area (TPSA) is 66.5 Å². The molecule has 0 aliphatic heterocycles. The molecule has 0 fully saturated rings. The normalized spacial score (nSPS) is 11.2. The Morgan fingerprint density at radius 1 is 1.12 bits per heavy atom. The van der Waals surface area contributed by atoms with Crippen molar-refractivity contribution < 1.29 is 17.6 Å². The van der Waals surface area contributed by atoms with E-state index < -0.39 is 15.8 Å². The first-order chi connectivity index (χ1) is 11.8. The fourth-order valence-electron chi connectivity index (χ4n) is 2.26. The van der Waals surface area contributed by atoms with Gasteiger partial charge in [-0.25, -0.2) is 12.8 Å². The predicted molar refractivity (Wildman–Crippen MR) is 95.9 cm³/mol. The smallest absolute Gasteiger partial charge is 0.263 e. The Morgan fingerprint density at radius 3 is 2.28 bits per heavy atom. The van der Waals surface area contributed by atoms with Crippen LogP contribution in [0.2, 0.25) is 5.02 Å². The maximum absolute atomic E-state index is 13.0. The number of hydrogen-bond donors (Lipinski definition) is 1. The monoisotopic (exact) mass is 384 g/mol. The van der Waals surface area contributed by atoms with Crippen molar-refractivity contribution in [2.45, 2.75) is 18.7 Å². The van der Waals surface area contributed by atoms with Crippen LogP contribution in [0.4, 0.5) is 10.1 Å². The van der Waals surface area contributed by atoms with Crippen LogP contribution in [0.15, 0.2) is 47.4 Å². The number of benzene rings is 2. The first kappa shape index (κ1) is 19.2. The number of halogens is 2. The van der Waals surface area contributed by atoms with Crippen molar-refractivity contribution in [2.75, 3.05) is 17.8 Å². The molecule has 2 aromatic carbocycles. The molecule has 0 aliphatic rings. The molecule has 0 saturated carbocycles. The number of hydrogen-bond acceptors (Lipinski definition) is 3. The van der Waals surface area contributed by atoms with E-state index in [2.05, 4.69) is 4.72 Å². The minimum atomic E-state index is -4.03. The SMILES string of the molecule is CCN(CC)C(=O)c1ccc(Cl)c(S(=O)(=O)Nc2ccc(F)cc2)c1. The lowest BCUT2D eigenvalue weighted by molar-refractivity contribution is 0.0772. The third kappa shape index (κ3) is 4.49. The Labute approximate surface area is 151 Å². The van der Waals surface area contributed by atoms with Gasteiger partial charge in [-0.2, -0.15) is 0 Å². The van der Waals surface area contributed by atoms with Gasteiger partial charge in [0.25, 0.3) is 15.9 Å². The van der Waals surface area contributed by atoms with E-state index in [0.29, 0.717) is 13.1 Å². The van der Waals surface area contributed by atoms with Gasteiger partial charge in [-0.15, -0.1) is 0 Å². The van der Waals surface area contributed by atoms with Crippen LogP contribution in [0.5, 0.6) is 0 Å². The van der Waals surface area contributed by atoms with Gasteiger partial charge in [0, 0.05) is 24.3 Å². The summed E-state index contributed by atoms with van der Waals surface area (Å²) in [5.41, 5.74) is 0.422. The summed E-state index contributed by atoms with van der Waals surface area (Å²) in [6.07, 6.45) is 0. The van der Waals surface area contributed by atoms with Crippen molar-refractivity contribution >= 4 is 33.2 Å². The van der Waals surface area contributed by atoms with Crippen molar-refractivity contribution in [2.24, 2.45) is 0 Å². The number of amides is 1. The Kier molecular flexibility index (Phi) is 6.02. The first-order valence-corrected chi connectivity index (χ1v) is 9.51. The van der Waals surface area contributed by atoms with Gasteiger partial charge in [-0.05, 0) is 56.3 Å². The van der Waals surface area contributed by atoms with Crippen molar-refractivity contribution in [1.82, 2.24) is 4.90 Å². The fraction of sp³-hybridized carbons (Fsp3) is 0.235.